The van der Waals surface area contributed by atoms with Crippen molar-refractivity contribution in [3.8, 4) is 5.75 Å². The zero-order valence-corrected chi connectivity index (χ0v) is 17.9. The number of carbonyl (C=O) groups excluding carboxylic acids is 1. The van der Waals surface area contributed by atoms with E-state index in [0.717, 1.165) is 16.7 Å². The van der Waals surface area contributed by atoms with Gasteiger partial charge in [0, 0.05) is 18.7 Å². The fraction of sp³-hybridized carbons (Fsp3) is 0.381. The summed E-state index contributed by atoms with van der Waals surface area (Å²) in [5, 5.41) is 2.81. The highest BCUT2D eigenvalue weighted by atomic mass is 32.2. The van der Waals surface area contributed by atoms with Crippen LogP contribution in [0.1, 0.15) is 27.0 Å². The first kappa shape index (κ1) is 21.3. The predicted molar refractivity (Wildman–Crippen MR) is 111 cm³/mol. The van der Waals surface area contributed by atoms with Gasteiger partial charge in [0.05, 0.1) is 30.9 Å². The van der Waals surface area contributed by atoms with Gasteiger partial charge in [0.15, 0.2) is 0 Å². The summed E-state index contributed by atoms with van der Waals surface area (Å²) in [5.74, 6) is 0.0746. The maximum Gasteiger partial charge on any atom is 0.256 e. The molecule has 156 valence electrons. The van der Waals surface area contributed by atoms with Crippen molar-refractivity contribution in [2.24, 2.45) is 0 Å². The first-order chi connectivity index (χ1) is 13.7. The largest absolute Gasteiger partial charge is 0.495 e. The molecule has 1 aliphatic rings. The summed E-state index contributed by atoms with van der Waals surface area (Å²) in [5.41, 5.74) is 3.81. The van der Waals surface area contributed by atoms with E-state index in [1.54, 1.807) is 6.07 Å². The molecule has 2 aromatic carbocycles. The molecule has 0 spiro atoms. The summed E-state index contributed by atoms with van der Waals surface area (Å²) >= 11 is 0. The molecular weight excluding hydrogens is 392 g/mol. The smallest absolute Gasteiger partial charge is 0.256 e. The monoisotopic (exact) mass is 418 g/mol. The first-order valence-corrected chi connectivity index (χ1v) is 10.8. The average molecular weight is 419 g/mol. The molecule has 1 saturated heterocycles. The zero-order valence-electron chi connectivity index (χ0n) is 17.1. The molecule has 0 unspecified atom stereocenters. The summed E-state index contributed by atoms with van der Waals surface area (Å²) < 4.78 is 37.8. The third-order valence-electron chi connectivity index (χ3n) is 5.11. The Morgan fingerprint density at radius 1 is 1.03 bits per heavy atom. The number of anilines is 1. The molecule has 0 atom stereocenters. The van der Waals surface area contributed by atoms with Crippen molar-refractivity contribution in [1.82, 2.24) is 4.31 Å². The minimum absolute atomic E-state index is 0.104. The normalized spacial score (nSPS) is 15.2. The van der Waals surface area contributed by atoms with Crippen LogP contribution in [-0.4, -0.2) is 52.0 Å². The van der Waals surface area contributed by atoms with Gasteiger partial charge >= 0.3 is 0 Å². The fourth-order valence-corrected chi connectivity index (χ4v) is 4.71. The highest BCUT2D eigenvalue weighted by Gasteiger charge is 2.27. The van der Waals surface area contributed by atoms with E-state index in [2.05, 4.69) is 5.32 Å². The van der Waals surface area contributed by atoms with Crippen molar-refractivity contribution in [3.05, 3.63) is 52.6 Å². The lowest BCUT2D eigenvalue weighted by Gasteiger charge is -2.26. The fourth-order valence-electron chi connectivity index (χ4n) is 3.28. The number of amides is 1. The van der Waals surface area contributed by atoms with Gasteiger partial charge in [-0.25, -0.2) is 8.42 Å². The van der Waals surface area contributed by atoms with Gasteiger partial charge in [-0.15, -0.1) is 0 Å². The summed E-state index contributed by atoms with van der Waals surface area (Å²) in [7, 11) is -2.21. The molecule has 0 aromatic heterocycles. The van der Waals surface area contributed by atoms with Gasteiger partial charge in [0.2, 0.25) is 10.0 Å². The van der Waals surface area contributed by atoms with Gasteiger partial charge in [-0.1, -0.05) is 6.07 Å². The molecule has 0 saturated carbocycles. The summed E-state index contributed by atoms with van der Waals surface area (Å²) in [6.45, 7) is 7.15. The van der Waals surface area contributed by atoms with Gasteiger partial charge in [-0.3, -0.25) is 4.79 Å². The Morgan fingerprint density at radius 3 is 2.34 bits per heavy atom. The van der Waals surface area contributed by atoms with Crippen LogP contribution in [0.25, 0.3) is 0 Å². The minimum Gasteiger partial charge on any atom is -0.495 e. The SMILES string of the molecule is COc1ccc(S(=O)(=O)N2CCOCC2)cc1NC(=O)c1cc(C)c(C)cc1C. The van der Waals surface area contributed by atoms with Crippen molar-refractivity contribution in [1.29, 1.82) is 0 Å². The Labute approximate surface area is 171 Å². The van der Waals surface area contributed by atoms with Crippen LogP contribution < -0.4 is 10.1 Å². The number of ether oxygens (including phenoxy) is 2. The Bertz CT molecular complexity index is 1030. The third kappa shape index (κ3) is 4.44. The van der Waals surface area contributed by atoms with Gasteiger partial charge < -0.3 is 14.8 Å². The average Bonchev–Trinajstić information content (AvgIpc) is 2.71. The van der Waals surface area contributed by atoms with Crippen molar-refractivity contribution >= 4 is 21.6 Å². The zero-order chi connectivity index (χ0) is 21.2. The molecule has 7 nitrogen and oxygen atoms in total. The van der Waals surface area contributed by atoms with E-state index in [9.17, 15) is 13.2 Å². The highest BCUT2D eigenvalue weighted by molar-refractivity contribution is 7.89. The van der Waals surface area contributed by atoms with Crippen LogP contribution in [0.2, 0.25) is 0 Å². The lowest BCUT2D eigenvalue weighted by Crippen LogP contribution is -2.40. The maximum atomic E-state index is 12.9. The maximum absolute atomic E-state index is 12.9. The van der Waals surface area contributed by atoms with Crippen molar-refractivity contribution in [3.63, 3.8) is 0 Å². The molecular formula is C21H26N2O5S. The van der Waals surface area contributed by atoms with Gasteiger partial charge in [0.25, 0.3) is 5.91 Å². The number of methoxy groups -OCH3 is 1. The van der Waals surface area contributed by atoms with Crippen molar-refractivity contribution < 1.29 is 22.7 Å². The van der Waals surface area contributed by atoms with E-state index in [1.807, 2.05) is 32.9 Å². The number of benzene rings is 2. The van der Waals surface area contributed by atoms with Crippen molar-refractivity contribution in [2.75, 3.05) is 38.7 Å². The van der Waals surface area contributed by atoms with Crippen LogP contribution in [0.15, 0.2) is 35.2 Å². The molecule has 1 fully saturated rings. The highest BCUT2D eigenvalue weighted by Crippen LogP contribution is 2.30. The molecule has 29 heavy (non-hydrogen) atoms. The molecule has 0 aliphatic carbocycles. The van der Waals surface area contributed by atoms with E-state index < -0.39 is 10.0 Å². The van der Waals surface area contributed by atoms with Crippen LogP contribution in [0.5, 0.6) is 5.75 Å². The Morgan fingerprint density at radius 2 is 1.69 bits per heavy atom. The van der Waals surface area contributed by atoms with Gasteiger partial charge in [0.1, 0.15) is 5.75 Å². The topological polar surface area (TPSA) is 84.9 Å². The van der Waals surface area contributed by atoms with Crippen LogP contribution in [-0.2, 0) is 14.8 Å². The van der Waals surface area contributed by atoms with E-state index in [4.69, 9.17) is 9.47 Å². The second kappa shape index (κ2) is 8.52. The van der Waals surface area contributed by atoms with E-state index >= 15 is 0 Å². The molecule has 1 aliphatic heterocycles. The van der Waals surface area contributed by atoms with Crippen LogP contribution in [0, 0.1) is 20.8 Å². The summed E-state index contributed by atoms with van der Waals surface area (Å²) in [6, 6.07) is 8.27. The first-order valence-electron chi connectivity index (χ1n) is 9.39. The van der Waals surface area contributed by atoms with E-state index in [1.165, 1.54) is 23.5 Å². The van der Waals surface area contributed by atoms with E-state index in [-0.39, 0.29) is 10.8 Å². The number of sulfonamides is 1. The standard InChI is InChI=1S/C21H26N2O5S/c1-14-11-16(3)18(12-15(14)2)21(24)22-19-13-17(5-6-20(19)27-4)29(25,26)23-7-9-28-10-8-23/h5-6,11-13H,7-10H2,1-4H3,(H,22,24). The summed E-state index contributed by atoms with van der Waals surface area (Å²) in [6.07, 6.45) is 0. The van der Waals surface area contributed by atoms with Crippen LogP contribution >= 0.6 is 0 Å². The molecule has 3 rings (SSSR count). The molecule has 1 amide bonds. The second-order valence-electron chi connectivity index (χ2n) is 7.08. The Kier molecular flexibility index (Phi) is 6.26. The van der Waals surface area contributed by atoms with Crippen molar-refractivity contribution in [2.45, 2.75) is 25.7 Å². The Balaban J connectivity index is 1.94. The van der Waals surface area contributed by atoms with Crippen LogP contribution in [0.3, 0.4) is 0 Å². The molecule has 8 heteroatoms. The number of nitrogens with zero attached hydrogens (tertiary/aromatic N) is 1. The Hall–Kier alpha value is -2.42. The number of rotatable bonds is 5. The molecule has 1 N–H and O–H groups in total. The molecule has 2 aromatic rings. The minimum atomic E-state index is -3.68. The number of morpholine rings is 1. The summed E-state index contributed by atoms with van der Waals surface area (Å²) in [4.78, 5) is 13.0. The molecule has 0 bridgehead atoms. The van der Waals surface area contributed by atoms with Gasteiger partial charge in [-0.05, 0) is 61.7 Å². The molecule has 1 heterocycles. The lowest BCUT2D eigenvalue weighted by atomic mass is 10.0. The lowest BCUT2D eigenvalue weighted by molar-refractivity contribution is 0.0730. The quantitative estimate of drug-likeness (QED) is 0.807. The molecule has 0 radical (unpaired) electrons. The second-order valence-corrected chi connectivity index (χ2v) is 9.02. The van der Waals surface area contributed by atoms with E-state index in [0.29, 0.717) is 43.3 Å². The number of hydrogen-bond donors (Lipinski definition) is 1. The van der Waals surface area contributed by atoms with Crippen LogP contribution in [0.4, 0.5) is 5.69 Å². The predicted octanol–water partition coefficient (Wildman–Crippen LogP) is 2.89. The van der Waals surface area contributed by atoms with Gasteiger partial charge in [-0.2, -0.15) is 4.31 Å². The number of nitrogens with one attached hydrogen (secondary N) is 1. The number of carbonyl (C=O) groups is 1. The number of hydrogen-bond acceptors (Lipinski definition) is 5. The third-order valence-corrected chi connectivity index (χ3v) is 7.01. The number of aryl methyl sites for hydroxylation is 3.